The molecular formula is C26H27Cl2FN2O4S. The van der Waals surface area contributed by atoms with Crippen molar-refractivity contribution in [1.82, 2.24) is 4.90 Å². The van der Waals surface area contributed by atoms with Crippen LogP contribution in [0.2, 0.25) is 5.02 Å². The molecule has 2 aliphatic rings. The first-order valence-corrected chi connectivity index (χ1v) is 13.4. The Kier molecular flexibility index (Phi) is 8.12. The zero-order valence-electron chi connectivity index (χ0n) is 19.4. The summed E-state index contributed by atoms with van der Waals surface area (Å²) in [5.74, 6) is 0.547. The van der Waals surface area contributed by atoms with Crippen LogP contribution >= 0.6 is 24.0 Å². The number of fused-ring (bicyclic) bond motifs is 2. The molecule has 0 unspecified atom stereocenters. The van der Waals surface area contributed by atoms with Crippen LogP contribution in [-0.2, 0) is 10.0 Å². The molecule has 10 heteroatoms. The third kappa shape index (κ3) is 5.48. The summed E-state index contributed by atoms with van der Waals surface area (Å²) in [4.78, 5) is 2.22. The Bertz CT molecular complexity index is 1320. The third-order valence-electron chi connectivity index (χ3n) is 6.64. The number of para-hydroxylation sites is 2. The normalized spacial score (nSPS) is 18.2. The van der Waals surface area contributed by atoms with E-state index < -0.39 is 16.1 Å². The van der Waals surface area contributed by atoms with Crippen LogP contribution in [0, 0.1) is 11.7 Å². The standard InChI is InChI=1S/C26H26ClFN2O4S.ClH/c27-20-7-10-25-26(15-20)35(32,33)30(22-3-1-2-4-24(22)34-25)16-18-11-13-29(14-12-18)17-23(31)19-5-8-21(28)9-6-19;/h1-10,15,18,23,31H,11-14,16-17H2;1H/t23-;/m0./s1. The summed E-state index contributed by atoms with van der Waals surface area (Å²) in [5.41, 5.74) is 1.19. The summed E-state index contributed by atoms with van der Waals surface area (Å²) in [6.07, 6.45) is 0.865. The van der Waals surface area contributed by atoms with Gasteiger partial charge in [0.2, 0.25) is 0 Å². The summed E-state index contributed by atoms with van der Waals surface area (Å²) in [6.45, 7) is 2.24. The summed E-state index contributed by atoms with van der Waals surface area (Å²) in [6, 6.07) is 17.7. The molecule has 1 atom stereocenters. The Morgan fingerprint density at radius 1 is 1.03 bits per heavy atom. The monoisotopic (exact) mass is 552 g/mol. The van der Waals surface area contributed by atoms with E-state index in [0.717, 1.165) is 25.9 Å². The van der Waals surface area contributed by atoms with Gasteiger partial charge in [0.15, 0.2) is 5.75 Å². The highest BCUT2D eigenvalue weighted by molar-refractivity contribution is 7.93. The summed E-state index contributed by atoms with van der Waals surface area (Å²) in [5, 5.41) is 10.9. The number of anilines is 1. The number of β-amino-alcohol motifs (C(OH)–C–C–N with tert-alkyl or cyclic N) is 1. The Hall–Kier alpha value is -2.36. The van der Waals surface area contributed by atoms with Gasteiger partial charge in [-0.1, -0.05) is 35.9 Å². The highest BCUT2D eigenvalue weighted by Gasteiger charge is 2.36. The van der Waals surface area contributed by atoms with Crippen molar-refractivity contribution in [1.29, 1.82) is 0 Å². The second-order valence-electron chi connectivity index (χ2n) is 9.01. The van der Waals surface area contributed by atoms with Gasteiger partial charge in [-0.2, -0.15) is 0 Å². The van der Waals surface area contributed by atoms with Crippen molar-refractivity contribution in [3.8, 4) is 11.5 Å². The molecule has 0 aliphatic carbocycles. The molecule has 36 heavy (non-hydrogen) atoms. The Balaban J connectivity index is 0.00000304. The summed E-state index contributed by atoms with van der Waals surface area (Å²) in [7, 11) is -3.89. The lowest BCUT2D eigenvalue weighted by Crippen LogP contribution is -2.42. The van der Waals surface area contributed by atoms with E-state index in [9.17, 15) is 17.9 Å². The zero-order valence-corrected chi connectivity index (χ0v) is 21.8. The smallest absolute Gasteiger partial charge is 0.268 e. The highest BCUT2D eigenvalue weighted by Crippen LogP contribution is 2.43. The maximum absolute atomic E-state index is 13.7. The number of hydrogen-bond acceptors (Lipinski definition) is 5. The molecule has 1 saturated heterocycles. The fraction of sp³-hybridized carbons (Fsp3) is 0.308. The predicted octanol–water partition coefficient (Wildman–Crippen LogP) is 5.65. The van der Waals surface area contributed by atoms with Crippen LogP contribution in [-0.4, -0.2) is 44.6 Å². The zero-order chi connectivity index (χ0) is 24.6. The average Bonchev–Trinajstić information content (AvgIpc) is 2.93. The van der Waals surface area contributed by atoms with Gasteiger partial charge in [0.1, 0.15) is 16.5 Å². The van der Waals surface area contributed by atoms with Crippen molar-refractivity contribution < 1.29 is 22.7 Å². The third-order valence-corrected chi connectivity index (χ3v) is 8.68. The molecule has 192 valence electrons. The number of rotatable bonds is 5. The molecule has 0 aromatic heterocycles. The number of hydrogen-bond donors (Lipinski definition) is 1. The lowest BCUT2D eigenvalue weighted by Gasteiger charge is -2.35. The van der Waals surface area contributed by atoms with Crippen LogP contribution in [0.5, 0.6) is 11.5 Å². The molecular weight excluding hydrogens is 526 g/mol. The van der Waals surface area contributed by atoms with Gasteiger partial charge >= 0.3 is 0 Å². The van der Waals surface area contributed by atoms with E-state index in [1.807, 2.05) is 6.07 Å². The second-order valence-corrected chi connectivity index (χ2v) is 11.3. The topological polar surface area (TPSA) is 70.1 Å². The van der Waals surface area contributed by atoms with Crippen LogP contribution in [0.25, 0.3) is 0 Å². The van der Waals surface area contributed by atoms with Crippen molar-refractivity contribution in [2.45, 2.75) is 23.8 Å². The number of piperidine rings is 1. The minimum Gasteiger partial charge on any atom is -0.454 e. The first-order valence-electron chi connectivity index (χ1n) is 11.6. The van der Waals surface area contributed by atoms with Crippen LogP contribution < -0.4 is 9.04 Å². The van der Waals surface area contributed by atoms with Gasteiger partial charge in [0.05, 0.1) is 11.8 Å². The van der Waals surface area contributed by atoms with Crippen LogP contribution in [0.4, 0.5) is 10.1 Å². The Morgan fingerprint density at radius 3 is 2.44 bits per heavy atom. The molecule has 0 saturated carbocycles. The molecule has 0 bridgehead atoms. The molecule has 2 heterocycles. The molecule has 1 N–H and O–H groups in total. The highest BCUT2D eigenvalue weighted by atomic mass is 35.5. The molecule has 0 spiro atoms. The molecule has 6 nitrogen and oxygen atoms in total. The van der Waals surface area contributed by atoms with E-state index in [1.165, 1.54) is 22.5 Å². The van der Waals surface area contributed by atoms with Crippen molar-refractivity contribution in [3.63, 3.8) is 0 Å². The average molecular weight is 553 g/mol. The minimum absolute atomic E-state index is 0. The molecule has 3 aromatic rings. The number of aliphatic hydroxyl groups is 1. The Labute approximate surface area is 221 Å². The quantitative estimate of drug-likeness (QED) is 0.443. The van der Waals surface area contributed by atoms with Gasteiger partial charge in [-0.05, 0) is 79.9 Å². The summed E-state index contributed by atoms with van der Waals surface area (Å²) >= 11 is 6.13. The maximum Gasteiger partial charge on any atom is 0.268 e. The van der Waals surface area contributed by atoms with E-state index in [0.29, 0.717) is 35.1 Å². The number of halogens is 3. The first-order chi connectivity index (χ1) is 16.8. The Morgan fingerprint density at radius 2 is 1.72 bits per heavy atom. The van der Waals surface area contributed by atoms with E-state index in [-0.39, 0.29) is 34.8 Å². The second kappa shape index (κ2) is 10.9. The van der Waals surface area contributed by atoms with Crippen molar-refractivity contribution in [2.24, 2.45) is 5.92 Å². The van der Waals surface area contributed by atoms with E-state index in [4.69, 9.17) is 16.3 Å². The number of nitrogens with zero attached hydrogens (tertiary/aromatic N) is 2. The largest absolute Gasteiger partial charge is 0.454 e. The fourth-order valence-electron chi connectivity index (χ4n) is 4.70. The summed E-state index contributed by atoms with van der Waals surface area (Å²) < 4.78 is 48.0. The minimum atomic E-state index is -3.89. The SMILES string of the molecule is Cl.O=S1(=O)c2cc(Cl)ccc2Oc2ccccc2N1CC1CCN(C[C@H](O)c2ccc(F)cc2)CC1. The number of ether oxygens (including phenoxy) is 1. The van der Waals surface area contributed by atoms with E-state index >= 15 is 0 Å². The van der Waals surface area contributed by atoms with Gasteiger partial charge in [0.25, 0.3) is 10.0 Å². The van der Waals surface area contributed by atoms with Gasteiger partial charge in [-0.3, -0.25) is 4.31 Å². The van der Waals surface area contributed by atoms with Gasteiger partial charge in [0, 0.05) is 18.1 Å². The molecule has 2 aliphatic heterocycles. The molecule has 5 rings (SSSR count). The van der Waals surface area contributed by atoms with Crippen LogP contribution in [0.15, 0.2) is 71.6 Å². The maximum atomic E-state index is 13.7. The van der Waals surface area contributed by atoms with Crippen molar-refractivity contribution >= 4 is 39.7 Å². The van der Waals surface area contributed by atoms with Crippen molar-refractivity contribution in [2.75, 3.05) is 30.5 Å². The van der Waals surface area contributed by atoms with Crippen molar-refractivity contribution in [3.05, 3.63) is 83.1 Å². The first kappa shape index (κ1) is 26.7. The van der Waals surface area contributed by atoms with Gasteiger partial charge in [-0.15, -0.1) is 12.4 Å². The van der Waals surface area contributed by atoms with E-state index in [2.05, 4.69) is 4.90 Å². The van der Waals surface area contributed by atoms with Gasteiger partial charge < -0.3 is 14.7 Å². The molecule has 1 fully saturated rings. The van der Waals surface area contributed by atoms with Crippen LogP contribution in [0.3, 0.4) is 0 Å². The fourth-order valence-corrected chi connectivity index (χ4v) is 6.63. The molecule has 0 amide bonds. The van der Waals surface area contributed by atoms with Crippen LogP contribution in [0.1, 0.15) is 24.5 Å². The molecule has 3 aromatic carbocycles. The molecule has 0 radical (unpaired) electrons. The lowest BCUT2D eigenvalue weighted by molar-refractivity contribution is 0.0904. The predicted molar refractivity (Wildman–Crippen MR) is 140 cm³/mol. The number of likely N-dealkylation sites (tertiary alicyclic amines) is 1. The van der Waals surface area contributed by atoms with E-state index in [1.54, 1.807) is 42.5 Å². The number of sulfonamides is 1. The number of benzene rings is 3. The van der Waals surface area contributed by atoms with Gasteiger partial charge in [-0.25, -0.2) is 12.8 Å². The lowest BCUT2D eigenvalue weighted by atomic mass is 9.96. The number of aliphatic hydroxyl groups excluding tert-OH is 1.